The van der Waals surface area contributed by atoms with Crippen molar-refractivity contribution in [2.45, 2.75) is 51.2 Å². The predicted octanol–water partition coefficient (Wildman–Crippen LogP) is 2.48. The summed E-state index contributed by atoms with van der Waals surface area (Å²) >= 11 is 0. The van der Waals surface area contributed by atoms with Crippen LogP contribution in [0.1, 0.15) is 32.8 Å². The third-order valence-corrected chi connectivity index (χ3v) is 5.90. The van der Waals surface area contributed by atoms with Crippen LogP contribution >= 0.6 is 0 Å². The largest absolute Gasteiger partial charge is 0.469 e. The SMILES string of the molecule is COC(=O)C[C@@H]1[C@@H](C(C)(C)C)OC(=O)N1S(=O)(=O)c1ccc(C)cc1. The first-order valence-electron chi connectivity index (χ1n) is 7.87. The lowest BCUT2D eigenvalue weighted by molar-refractivity contribution is -0.142. The zero-order valence-corrected chi connectivity index (χ0v) is 15.8. The van der Waals surface area contributed by atoms with Crippen LogP contribution in [-0.4, -0.2) is 44.0 Å². The first-order valence-corrected chi connectivity index (χ1v) is 9.31. The lowest BCUT2D eigenvalue weighted by atomic mass is 9.84. The Kier molecular flexibility index (Phi) is 5.13. The van der Waals surface area contributed by atoms with E-state index in [1.54, 1.807) is 12.1 Å². The minimum atomic E-state index is -4.15. The van der Waals surface area contributed by atoms with Crippen molar-refractivity contribution in [1.29, 1.82) is 0 Å². The molecular weight excluding hydrogens is 346 g/mol. The summed E-state index contributed by atoms with van der Waals surface area (Å²) in [6.07, 6.45) is -2.01. The standard InChI is InChI=1S/C17H23NO6S/c1-11-6-8-12(9-7-11)25(21,22)18-13(10-14(19)23-5)15(17(2,3)4)24-16(18)20/h6-9,13,15H,10H2,1-5H3/t13-,15+/m1/s1. The van der Waals surface area contributed by atoms with E-state index in [1.165, 1.54) is 19.2 Å². The fourth-order valence-electron chi connectivity index (χ4n) is 2.80. The van der Waals surface area contributed by atoms with Gasteiger partial charge in [0.15, 0.2) is 0 Å². The summed E-state index contributed by atoms with van der Waals surface area (Å²) in [6.45, 7) is 7.28. The molecule has 0 aromatic heterocycles. The Balaban J connectivity index is 2.49. The number of hydrogen-bond donors (Lipinski definition) is 0. The van der Waals surface area contributed by atoms with E-state index in [4.69, 9.17) is 4.74 Å². The van der Waals surface area contributed by atoms with E-state index < -0.39 is 39.6 Å². The Morgan fingerprint density at radius 3 is 2.28 bits per heavy atom. The molecule has 1 fully saturated rings. The number of aryl methyl sites for hydroxylation is 1. The van der Waals surface area contributed by atoms with Crippen molar-refractivity contribution in [3.8, 4) is 0 Å². The molecule has 2 atom stereocenters. The molecule has 0 aliphatic carbocycles. The van der Waals surface area contributed by atoms with Crippen molar-refractivity contribution in [2.24, 2.45) is 5.41 Å². The van der Waals surface area contributed by atoms with Crippen LogP contribution in [0.25, 0.3) is 0 Å². The maximum Gasteiger partial charge on any atom is 0.424 e. The number of rotatable bonds is 4. The lowest BCUT2D eigenvalue weighted by Crippen LogP contribution is -2.46. The molecule has 0 spiro atoms. The van der Waals surface area contributed by atoms with Gasteiger partial charge in [-0.25, -0.2) is 13.2 Å². The van der Waals surface area contributed by atoms with Crippen molar-refractivity contribution in [3.05, 3.63) is 29.8 Å². The third kappa shape index (κ3) is 3.78. The van der Waals surface area contributed by atoms with E-state index in [1.807, 2.05) is 27.7 Å². The summed E-state index contributed by atoms with van der Waals surface area (Å²) in [4.78, 5) is 24.1. The van der Waals surface area contributed by atoms with E-state index in [0.29, 0.717) is 4.31 Å². The molecule has 138 valence electrons. The Hall–Kier alpha value is -2.09. The molecule has 1 aromatic carbocycles. The Bertz CT molecular complexity index is 763. The molecule has 0 radical (unpaired) electrons. The minimum absolute atomic E-state index is 0.0283. The van der Waals surface area contributed by atoms with Gasteiger partial charge >= 0.3 is 12.1 Å². The van der Waals surface area contributed by atoms with Gasteiger partial charge in [0.1, 0.15) is 6.10 Å². The number of hydrogen-bond acceptors (Lipinski definition) is 6. The molecule has 1 heterocycles. The van der Waals surface area contributed by atoms with Gasteiger partial charge in [-0.2, -0.15) is 4.31 Å². The summed E-state index contributed by atoms with van der Waals surface area (Å²) in [5.74, 6) is -0.610. The zero-order valence-electron chi connectivity index (χ0n) is 15.0. The van der Waals surface area contributed by atoms with Crippen molar-refractivity contribution in [3.63, 3.8) is 0 Å². The molecule has 1 aromatic rings. The van der Waals surface area contributed by atoms with Gasteiger partial charge < -0.3 is 9.47 Å². The summed E-state index contributed by atoms with van der Waals surface area (Å²) in [7, 11) is -2.94. The summed E-state index contributed by atoms with van der Waals surface area (Å²) < 4.78 is 36.6. The van der Waals surface area contributed by atoms with Crippen molar-refractivity contribution < 1.29 is 27.5 Å². The first kappa shape index (κ1) is 19.2. The quantitative estimate of drug-likeness (QED) is 0.758. The summed E-state index contributed by atoms with van der Waals surface area (Å²) in [5.41, 5.74) is 0.341. The molecule has 1 aliphatic heterocycles. The van der Waals surface area contributed by atoms with Gasteiger partial charge in [-0.15, -0.1) is 0 Å². The van der Waals surface area contributed by atoms with Gasteiger partial charge in [-0.3, -0.25) is 4.79 Å². The number of amides is 1. The molecule has 25 heavy (non-hydrogen) atoms. The van der Waals surface area contributed by atoms with Gasteiger partial charge in [0, 0.05) is 5.41 Å². The Morgan fingerprint density at radius 1 is 1.24 bits per heavy atom. The van der Waals surface area contributed by atoms with Crippen molar-refractivity contribution in [1.82, 2.24) is 4.31 Å². The monoisotopic (exact) mass is 369 g/mol. The number of methoxy groups -OCH3 is 1. The number of cyclic esters (lactones) is 1. The number of esters is 1. The maximum atomic E-state index is 13.0. The molecule has 2 rings (SSSR count). The molecule has 8 heteroatoms. The van der Waals surface area contributed by atoms with Crippen LogP contribution < -0.4 is 0 Å². The molecule has 1 saturated heterocycles. The molecular formula is C17H23NO6S. The second kappa shape index (κ2) is 6.67. The molecule has 0 unspecified atom stereocenters. The minimum Gasteiger partial charge on any atom is -0.469 e. The molecule has 0 saturated carbocycles. The predicted molar refractivity (Wildman–Crippen MR) is 90.3 cm³/mol. The van der Waals surface area contributed by atoms with Crippen LogP contribution in [0.3, 0.4) is 0 Å². The van der Waals surface area contributed by atoms with E-state index in [2.05, 4.69) is 4.74 Å². The molecule has 1 aliphatic rings. The highest BCUT2D eigenvalue weighted by molar-refractivity contribution is 7.89. The molecule has 0 N–H and O–H groups in total. The van der Waals surface area contributed by atoms with Crippen LogP contribution in [0.5, 0.6) is 0 Å². The number of carbonyl (C=O) groups excluding carboxylic acids is 2. The fraction of sp³-hybridized carbons (Fsp3) is 0.529. The number of benzene rings is 1. The maximum absolute atomic E-state index is 13.0. The summed E-state index contributed by atoms with van der Waals surface area (Å²) in [5, 5.41) is 0. The lowest BCUT2D eigenvalue weighted by Gasteiger charge is -2.30. The number of carbonyl (C=O) groups is 2. The van der Waals surface area contributed by atoms with E-state index >= 15 is 0 Å². The van der Waals surface area contributed by atoms with Crippen molar-refractivity contribution >= 4 is 22.1 Å². The number of ether oxygens (including phenoxy) is 2. The Labute approximate surface area is 148 Å². The van der Waals surface area contributed by atoms with Crippen LogP contribution in [0.2, 0.25) is 0 Å². The van der Waals surface area contributed by atoms with E-state index in [0.717, 1.165) is 5.56 Å². The van der Waals surface area contributed by atoms with E-state index in [9.17, 15) is 18.0 Å². The van der Waals surface area contributed by atoms with Gasteiger partial charge in [0.05, 0.1) is 24.5 Å². The van der Waals surface area contributed by atoms with Gasteiger partial charge in [-0.05, 0) is 19.1 Å². The Morgan fingerprint density at radius 2 is 1.80 bits per heavy atom. The number of nitrogens with zero attached hydrogens (tertiary/aromatic N) is 1. The van der Waals surface area contributed by atoms with Crippen LogP contribution in [0, 0.1) is 12.3 Å². The molecule has 0 bridgehead atoms. The second-order valence-corrected chi connectivity index (χ2v) is 8.95. The van der Waals surface area contributed by atoms with Crippen molar-refractivity contribution in [2.75, 3.05) is 7.11 Å². The molecule has 1 amide bonds. The average molecular weight is 369 g/mol. The zero-order chi connectivity index (χ0) is 19.0. The first-order chi connectivity index (χ1) is 11.5. The van der Waals surface area contributed by atoms with Gasteiger partial charge in [0.2, 0.25) is 0 Å². The number of sulfonamides is 1. The third-order valence-electron chi connectivity index (χ3n) is 4.09. The van der Waals surface area contributed by atoms with Crippen LogP contribution in [0.15, 0.2) is 29.2 Å². The second-order valence-electron chi connectivity index (χ2n) is 7.13. The average Bonchev–Trinajstić information content (AvgIpc) is 2.84. The van der Waals surface area contributed by atoms with E-state index in [-0.39, 0.29) is 11.3 Å². The summed E-state index contributed by atoms with van der Waals surface area (Å²) in [6, 6.07) is 5.18. The fourth-order valence-corrected chi connectivity index (χ4v) is 4.28. The molecule has 7 nitrogen and oxygen atoms in total. The highest BCUT2D eigenvalue weighted by Gasteiger charge is 2.53. The topological polar surface area (TPSA) is 90.0 Å². The van der Waals surface area contributed by atoms with Crippen LogP contribution in [-0.2, 0) is 24.3 Å². The van der Waals surface area contributed by atoms with Gasteiger partial charge in [-0.1, -0.05) is 38.5 Å². The highest BCUT2D eigenvalue weighted by Crippen LogP contribution is 2.37. The van der Waals surface area contributed by atoms with Gasteiger partial charge in [0.25, 0.3) is 10.0 Å². The smallest absolute Gasteiger partial charge is 0.424 e. The highest BCUT2D eigenvalue weighted by atomic mass is 32.2. The normalized spacial score (nSPS) is 21.2. The van der Waals surface area contributed by atoms with Crippen LogP contribution in [0.4, 0.5) is 4.79 Å².